The lowest BCUT2D eigenvalue weighted by atomic mass is 10.3. The molecule has 0 unspecified atom stereocenters. The maximum absolute atomic E-state index is 11.3. The molecule has 3 N–H and O–H groups in total. The number of hydrogen-bond donors (Lipinski definition) is 3. The number of carboxylic acids is 1. The van der Waals surface area contributed by atoms with E-state index in [1.54, 1.807) is 0 Å². The Labute approximate surface area is 101 Å². The highest BCUT2D eigenvalue weighted by molar-refractivity contribution is 7.89. The van der Waals surface area contributed by atoms with Crippen LogP contribution in [-0.2, 0) is 19.6 Å². The zero-order chi connectivity index (χ0) is 13.3. The van der Waals surface area contributed by atoms with Crippen LogP contribution in [0.15, 0.2) is 0 Å². The first kappa shape index (κ1) is 15.9. The number of unbranched alkanes of at least 4 members (excludes halogenated alkanes) is 2. The van der Waals surface area contributed by atoms with Crippen LogP contribution in [0.5, 0.6) is 0 Å². The molecular formula is C9H18N2O5S. The van der Waals surface area contributed by atoms with Crippen LogP contribution in [0.1, 0.15) is 26.2 Å². The van der Waals surface area contributed by atoms with Gasteiger partial charge in [-0.3, -0.25) is 9.59 Å². The predicted octanol–water partition coefficient (Wildman–Crippen LogP) is -0.703. The summed E-state index contributed by atoms with van der Waals surface area (Å²) in [6, 6.07) is 0. The van der Waals surface area contributed by atoms with Gasteiger partial charge < -0.3 is 10.4 Å². The van der Waals surface area contributed by atoms with Gasteiger partial charge in [0.25, 0.3) is 0 Å². The van der Waals surface area contributed by atoms with Crippen LogP contribution >= 0.6 is 0 Å². The van der Waals surface area contributed by atoms with Gasteiger partial charge in [0.15, 0.2) is 0 Å². The molecule has 0 aliphatic rings. The fourth-order valence-corrected chi connectivity index (χ4v) is 2.11. The van der Waals surface area contributed by atoms with E-state index in [-0.39, 0.29) is 5.75 Å². The van der Waals surface area contributed by atoms with Crippen LogP contribution in [0.25, 0.3) is 0 Å². The molecule has 0 fully saturated rings. The lowest BCUT2D eigenvalue weighted by Crippen LogP contribution is -2.39. The van der Waals surface area contributed by atoms with E-state index in [9.17, 15) is 18.0 Å². The fraction of sp³-hybridized carbons (Fsp3) is 0.778. The number of sulfonamides is 1. The lowest BCUT2D eigenvalue weighted by molar-refractivity contribution is -0.137. The third-order valence-electron chi connectivity index (χ3n) is 1.91. The normalized spacial score (nSPS) is 11.1. The highest BCUT2D eigenvalue weighted by atomic mass is 32.2. The Balaban J connectivity index is 3.84. The van der Waals surface area contributed by atoms with Crippen molar-refractivity contribution in [2.75, 3.05) is 18.8 Å². The van der Waals surface area contributed by atoms with Crippen molar-refractivity contribution in [2.24, 2.45) is 0 Å². The van der Waals surface area contributed by atoms with Crippen LogP contribution in [-0.4, -0.2) is 44.2 Å². The minimum Gasteiger partial charge on any atom is -0.480 e. The minimum absolute atomic E-state index is 0.0208. The van der Waals surface area contributed by atoms with Gasteiger partial charge >= 0.3 is 5.97 Å². The first-order valence-corrected chi connectivity index (χ1v) is 6.98. The molecule has 7 nitrogen and oxygen atoms in total. The van der Waals surface area contributed by atoms with E-state index in [1.807, 2.05) is 6.92 Å². The lowest BCUT2D eigenvalue weighted by Gasteiger charge is -2.06. The van der Waals surface area contributed by atoms with Crippen molar-refractivity contribution in [3.8, 4) is 0 Å². The molecule has 8 heteroatoms. The summed E-state index contributed by atoms with van der Waals surface area (Å²) in [6.45, 7) is 1.01. The summed E-state index contributed by atoms with van der Waals surface area (Å²) >= 11 is 0. The molecule has 0 aliphatic heterocycles. The fourth-order valence-electron chi connectivity index (χ4n) is 1.03. The molecule has 0 saturated carbocycles. The van der Waals surface area contributed by atoms with Gasteiger partial charge in [0.05, 0.1) is 12.3 Å². The van der Waals surface area contributed by atoms with Crippen molar-refractivity contribution in [3.05, 3.63) is 0 Å². The SMILES string of the molecule is CCCCCS(=O)(=O)NCC(=O)NCC(=O)O. The van der Waals surface area contributed by atoms with Crippen molar-refractivity contribution < 1.29 is 23.1 Å². The smallest absolute Gasteiger partial charge is 0.322 e. The van der Waals surface area contributed by atoms with E-state index in [1.165, 1.54) is 0 Å². The highest BCUT2D eigenvalue weighted by Gasteiger charge is 2.12. The van der Waals surface area contributed by atoms with Gasteiger partial charge in [0.1, 0.15) is 6.54 Å². The molecule has 100 valence electrons. The second-order valence-electron chi connectivity index (χ2n) is 3.52. The second-order valence-corrected chi connectivity index (χ2v) is 5.44. The van der Waals surface area contributed by atoms with Crippen molar-refractivity contribution in [1.82, 2.24) is 10.0 Å². The molecule has 0 aromatic carbocycles. The molecule has 0 heterocycles. The minimum atomic E-state index is -3.45. The van der Waals surface area contributed by atoms with E-state index < -0.39 is 35.0 Å². The molecule has 0 aromatic heterocycles. The molecule has 0 radical (unpaired) electrons. The average Bonchev–Trinajstić information content (AvgIpc) is 2.24. The molecule has 0 aliphatic carbocycles. The predicted molar refractivity (Wildman–Crippen MR) is 62.0 cm³/mol. The van der Waals surface area contributed by atoms with Crippen LogP contribution in [0.4, 0.5) is 0 Å². The van der Waals surface area contributed by atoms with Crippen molar-refractivity contribution in [2.45, 2.75) is 26.2 Å². The zero-order valence-electron chi connectivity index (χ0n) is 9.73. The number of carboxylic acid groups (broad SMARTS) is 1. The molecule has 1 amide bonds. The van der Waals surface area contributed by atoms with E-state index >= 15 is 0 Å². The number of carbonyl (C=O) groups is 2. The van der Waals surface area contributed by atoms with Crippen molar-refractivity contribution in [1.29, 1.82) is 0 Å². The molecule has 0 atom stereocenters. The average molecular weight is 266 g/mol. The van der Waals surface area contributed by atoms with E-state index in [2.05, 4.69) is 10.0 Å². The Hall–Kier alpha value is -1.15. The topological polar surface area (TPSA) is 113 Å². The maximum atomic E-state index is 11.3. The second kappa shape index (κ2) is 8.02. The van der Waals surface area contributed by atoms with Crippen LogP contribution in [0.2, 0.25) is 0 Å². The molecule has 0 aromatic rings. The standard InChI is InChI=1S/C9H18N2O5S/c1-2-3-4-5-17(15,16)11-6-8(12)10-7-9(13)14/h11H,2-7H2,1H3,(H,10,12)(H,13,14). The Kier molecular flexibility index (Phi) is 7.47. The van der Waals surface area contributed by atoms with Crippen molar-refractivity contribution >= 4 is 21.9 Å². The summed E-state index contributed by atoms with van der Waals surface area (Å²) in [5.41, 5.74) is 0. The largest absolute Gasteiger partial charge is 0.480 e. The van der Waals surface area contributed by atoms with E-state index in [0.717, 1.165) is 12.8 Å². The summed E-state index contributed by atoms with van der Waals surface area (Å²) in [6.07, 6.45) is 2.27. The number of aliphatic carboxylic acids is 1. The van der Waals surface area contributed by atoms with Gasteiger partial charge in [-0.1, -0.05) is 19.8 Å². The molecule has 0 bridgehead atoms. The summed E-state index contributed by atoms with van der Waals surface area (Å²) in [4.78, 5) is 21.1. The van der Waals surface area contributed by atoms with Crippen LogP contribution in [0.3, 0.4) is 0 Å². The quantitative estimate of drug-likeness (QED) is 0.477. The highest BCUT2D eigenvalue weighted by Crippen LogP contribution is 1.97. The zero-order valence-corrected chi connectivity index (χ0v) is 10.5. The summed E-state index contributed by atoms with van der Waals surface area (Å²) in [7, 11) is -3.45. The van der Waals surface area contributed by atoms with Gasteiger partial charge in [0, 0.05) is 0 Å². The monoisotopic (exact) mass is 266 g/mol. The Morgan fingerprint density at radius 2 is 1.82 bits per heavy atom. The van der Waals surface area contributed by atoms with Gasteiger partial charge in [-0.15, -0.1) is 0 Å². The van der Waals surface area contributed by atoms with Gasteiger partial charge in [-0.05, 0) is 6.42 Å². The first-order valence-electron chi connectivity index (χ1n) is 5.33. The van der Waals surface area contributed by atoms with Crippen molar-refractivity contribution in [3.63, 3.8) is 0 Å². The summed E-state index contributed by atoms with van der Waals surface area (Å²) in [5.74, 6) is -1.86. The van der Waals surface area contributed by atoms with E-state index in [0.29, 0.717) is 6.42 Å². The molecular weight excluding hydrogens is 248 g/mol. The van der Waals surface area contributed by atoms with E-state index in [4.69, 9.17) is 5.11 Å². The van der Waals surface area contributed by atoms with Gasteiger partial charge in [-0.2, -0.15) is 0 Å². The number of amides is 1. The van der Waals surface area contributed by atoms with Crippen LogP contribution < -0.4 is 10.0 Å². The number of hydrogen-bond acceptors (Lipinski definition) is 4. The Morgan fingerprint density at radius 1 is 1.18 bits per heavy atom. The molecule has 0 rings (SSSR count). The third-order valence-corrected chi connectivity index (χ3v) is 3.32. The molecule has 0 spiro atoms. The summed E-state index contributed by atoms with van der Waals surface area (Å²) < 4.78 is 24.8. The Morgan fingerprint density at radius 3 is 2.35 bits per heavy atom. The Bertz CT molecular complexity index is 352. The van der Waals surface area contributed by atoms with Gasteiger partial charge in [-0.25, -0.2) is 13.1 Å². The first-order chi connectivity index (χ1) is 7.87. The number of carbonyl (C=O) groups excluding carboxylic acids is 1. The number of nitrogens with one attached hydrogen (secondary N) is 2. The van der Waals surface area contributed by atoms with Gasteiger partial charge in [0.2, 0.25) is 15.9 Å². The molecule has 0 saturated heterocycles. The summed E-state index contributed by atoms with van der Waals surface area (Å²) in [5, 5.41) is 10.3. The number of rotatable bonds is 9. The maximum Gasteiger partial charge on any atom is 0.322 e. The molecule has 17 heavy (non-hydrogen) atoms. The third kappa shape index (κ3) is 9.76. The van der Waals surface area contributed by atoms with Crippen LogP contribution in [0, 0.1) is 0 Å².